The van der Waals surface area contributed by atoms with Crippen molar-refractivity contribution in [1.82, 2.24) is 5.32 Å². The van der Waals surface area contributed by atoms with E-state index in [1.54, 1.807) is 0 Å². The average molecular weight is 262 g/mol. The van der Waals surface area contributed by atoms with Crippen molar-refractivity contribution in [2.75, 3.05) is 6.54 Å². The van der Waals surface area contributed by atoms with Gasteiger partial charge in [-0.05, 0) is 23.0 Å². The second kappa shape index (κ2) is 6.36. The first-order valence-electron chi connectivity index (χ1n) is 6.43. The average Bonchev–Trinajstić information content (AvgIpc) is 2.33. The zero-order valence-electron chi connectivity index (χ0n) is 11.8. The smallest absolute Gasteiger partial charge is 0.236 e. The van der Waals surface area contributed by atoms with Gasteiger partial charge in [-0.25, -0.2) is 0 Å². The number of amides is 2. The third kappa shape index (κ3) is 5.55. The van der Waals surface area contributed by atoms with E-state index in [0.717, 1.165) is 5.56 Å². The van der Waals surface area contributed by atoms with Crippen LogP contribution in [0.15, 0.2) is 24.3 Å². The molecule has 0 aliphatic rings. The molecule has 1 aromatic rings. The molecule has 0 saturated carbocycles. The van der Waals surface area contributed by atoms with E-state index in [1.165, 1.54) is 5.56 Å². The van der Waals surface area contributed by atoms with Crippen molar-refractivity contribution >= 4 is 11.8 Å². The standard InChI is InChI=1S/C15H22N2O2/c1-15(2,3)12-7-4-11(5-8-12)6-9-14(19)17-10-13(16)18/h4-5,7-8H,6,9-10H2,1-3H3,(H2,16,18)(H,17,19). The fourth-order valence-electron chi connectivity index (χ4n) is 1.70. The van der Waals surface area contributed by atoms with E-state index in [0.29, 0.717) is 12.8 Å². The van der Waals surface area contributed by atoms with Crippen LogP contribution in [0.1, 0.15) is 38.3 Å². The summed E-state index contributed by atoms with van der Waals surface area (Å²) in [5.41, 5.74) is 7.47. The van der Waals surface area contributed by atoms with Crippen molar-refractivity contribution in [2.45, 2.75) is 39.0 Å². The lowest BCUT2D eigenvalue weighted by atomic mass is 9.86. The quantitative estimate of drug-likeness (QED) is 0.844. The van der Waals surface area contributed by atoms with E-state index in [4.69, 9.17) is 5.73 Å². The van der Waals surface area contributed by atoms with E-state index < -0.39 is 5.91 Å². The number of rotatable bonds is 5. The van der Waals surface area contributed by atoms with E-state index in [-0.39, 0.29) is 17.9 Å². The van der Waals surface area contributed by atoms with E-state index in [9.17, 15) is 9.59 Å². The highest BCUT2D eigenvalue weighted by molar-refractivity contribution is 5.83. The molecule has 0 fully saturated rings. The number of hydrogen-bond acceptors (Lipinski definition) is 2. The maximum Gasteiger partial charge on any atom is 0.236 e. The number of carbonyl (C=O) groups is 2. The molecule has 4 heteroatoms. The van der Waals surface area contributed by atoms with Gasteiger partial charge in [0.15, 0.2) is 0 Å². The van der Waals surface area contributed by atoms with Crippen LogP contribution in [0.5, 0.6) is 0 Å². The predicted octanol–water partition coefficient (Wildman–Crippen LogP) is 1.52. The van der Waals surface area contributed by atoms with E-state index >= 15 is 0 Å². The van der Waals surface area contributed by atoms with Crippen LogP contribution in [0.25, 0.3) is 0 Å². The summed E-state index contributed by atoms with van der Waals surface area (Å²) in [6.07, 6.45) is 1.02. The zero-order chi connectivity index (χ0) is 14.5. The Morgan fingerprint density at radius 3 is 2.21 bits per heavy atom. The van der Waals surface area contributed by atoms with Crippen LogP contribution in [-0.4, -0.2) is 18.4 Å². The number of aryl methyl sites for hydroxylation is 1. The number of carbonyl (C=O) groups excluding carboxylic acids is 2. The number of nitrogens with one attached hydrogen (secondary N) is 1. The first-order chi connectivity index (χ1) is 8.79. The van der Waals surface area contributed by atoms with Gasteiger partial charge < -0.3 is 11.1 Å². The van der Waals surface area contributed by atoms with Crippen LogP contribution in [0.2, 0.25) is 0 Å². The molecule has 0 radical (unpaired) electrons. The molecule has 0 aliphatic carbocycles. The Morgan fingerprint density at radius 2 is 1.74 bits per heavy atom. The first-order valence-corrected chi connectivity index (χ1v) is 6.43. The van der Waals surface area contributed by atoms with Gasteiger partial charge in [-0.1, -0.05) is 45.0 Å². The molecule has 19 heavy (non-hydrogen) atoms. The predicted molar refractivity (Wildman–Crippen MR) is 75.7 cm³/mol. The Kier molecular flexibility index (Phi) is 5.10. The first kappa shape index (κ1) is 15.2. The normalized spacial score (nSPS) is 11.1. The van der Waals surface area contributed by atoms with Gasteiger partial charge in [-0.3, -0.25) is 9.59 Å². The molecule has 0 unspecified atom stereocenters. The van der Waals surface area contributed by atoms with Crippen LogP contribution in [-0.2, 0) is 21.4 Å². The van der Waals surface area contributed by atoms with Gasteiger partial charge >= 0.3 is 0 Å². The van der Waals surface area contributed by atoms with Gasteiger partial charge in [0.05, 0.1) is 6.54 Å². The summed E-state index contributed by atoms with van der Waals surface area (Å²) >= 11 is 0. The Morgan fingerprint density at radius 1 is 1.16 bits per heavy atom. The molecule has 4 nitrogen and oxygen atoms in total. The maximum absolute atomic E-state index is 11.4. The topological polar surface area (TPSA) is 72.2 Å². The van der Waals surface area contributed by atoms with Crippen LogP contribution in [0.3, 0.4) is 0 Å². The van der Waals surface area contributed by atoms with Gasteiger partial charge in [-0.2, -0.15) is 0 Å². The summed E-state index contributed by atoms with van der Waals surface area (Å²) in [5.74, 6) is -0.679. The van der Waals surface area contributed by atoms with Gasteiger partial charge in [0.2, 0.25) is 11.8 Å². The van der Waals surface area contributed by atoms with Crippen molar-refractivity contribution in [3.8, 4) is 0 Å². The molecule has 3 N–H and O–H groups in total. The highest BCUT2D eigenvalue weighted by Crippen LogP contribution is 2.22. The van der Waals surface area contributed by atoms with Crippen molar-refractivity contribution < 1.29 is 9.59 Å². The summed E-state index contributed by atoms with van der Waals surface area (Å²) in [6.45, 7) is 6.40. The molecule has 2 amide bonds. The summed E-state index contributed by atoms with van der Waals surface area (Å²) in [5, 5.41) is 2.47. The Balaban J connectivity index is 2.46. The summed E-state index contributed by atoms with van der Waals surface area (Å²) in [7, 11) is 0. The fourth-order valence-corrected chi connectivity index (χ4v) is 1.70. The van der Waals surface area contributed by atoms with Crippen LogP contribution >= 0.6 is 0 Å². The SMILES string of the molecule is CC(C)(C)c1ccc(CCC(=O)NCC(N)=O)cc1. The molecule has 0 aliphatic heterocycles. The van der Waals surface area contributed by atoms with Gasteiger partial charge in [0, 0.05) is 6.42 Å². The molecule has 104 valence electrons. The maximum atomic E-state index is 11.4. The summed E-state index contributed by atoms with van der Waals surface area (Å²) in [6, 6.07) is 8.27. The molecule has 0 heterocycles. The fraction of sp³-hybridized carbons (Fsp3) is 0.467. The minimum absolute atomic E-state index is 0.0954. The molecular weight excluding hydrogens is 240 g/mol. The van der Waals surface area contributed by atoms with Crippen LogP contribution in [0.4, 0.5) is 0 Å². The van der Waals surface area contributed by atoms with Gasteiger partial charge in [0.25, 0.3) is 0 Å². The monoisotopic (exact) mass is 262 g/mol. The van der Waals surface area contributed by atoms with E-state index in [2.05, 4.69) is 38.2 Å². The van der Waals surface area contributed by atoms with Gasteiger partial charge in [0.1, 0.15) is 0 Å². The lowest BCUT2D eigenvalue weighted by molar-refractivity contribution is -0.124. The lowest BCUT2D eigenvalue weighted by Gasteiger charge is -2.19. The van der Waals surface area contributed by atoms with Crippen molar-refractivity contribution in [2.24, 2.45) is 5.73 Å². The number of hydrogen-bond donors (Lipinski definition) is 2. The Bertz CT molecular complexity index is 444. The lowest BCUT2D eigenvalue weighted by Crippen LogP contribution is -2.33. The zero-order valence-corrected chi connectivity index (χ0v) is 11.8. The molecule has 0 saturated heterocycles. The van der Waals surface area contributed by atoms with Crippen molar-refractivity contribution in [1.29, 1.82) is 0 Å². The highest BCUT2D eigenvalue weighted by Gasteiger charge is 2.12. The molecule has 0 aromatic heterocycles. The molecule has 0 bridgehead atoms. The number of benzene rings is 1. The molecule has 0 atom stereocenters. The molecule has 1 aromatic carbocycles. The number of nitrogens with two attached hydrogens (primary N) is 1. The molecular formula is C15H22N2O2. The minimum atomic E-state index is -0.525. The third-order valence-corrected chi connectivity index (χ3v) is 2.92. The Hall–Kier alpha value is -1.84. The van der Waals surface area contributed by atoms with Crippen molar-refractivity contribution in [3.05, 3.63) is 35.4 Å². The number of primary amides is 1. The second-order valence-electron chi connectivity index (χ2n) is 5.69. The highest BCUT2D eigenvalue weighted by atomic mass is 16.2. The second-order valence-corrected chi connectivity index (χ2v) is 5.69. The minimum Gasteiger partial charge on any atom is -0.368 e. The molecule has 0 spiro atoms. The largest absolute Gasteiger partial charge is 0.368 e. The third-order valence-electron chi connectivity index (χ3n) is 2.92. The Labute approximate surface area is 114 Å². The van der Waals surface area contributed by atoms with E-state index in [1.807, 2.05) is 12.1 Å². The van der Waals surface area contributed by atoms with Crippen LogP contribution in [0, 0.1) is 0 Å². The van der Waals surface area contributed by atoms with Crippen molar-refractivity contribution in [3.63, 3.8) is 0 Å². The molecule has 1 rings (SSSR count). The van der Waals surface area contributed by atoms with Crippen LogP contribution < -0.4 is 11.1 Å². The van der Waals surface area contributed by atoms with Gasteiger partial charge in [-0.15, -0.1) is 0 Å². The summed E-state index contributed by atoms with van der Waals surface area (Å²) < 4.78 is 0. The summed E-state index contributed by atoms with van der Waals surface area (Å²) in [4.78, 5) is 21.9.